The Kier molecular flexibility index (Phi) is 3.09. The van der Waals surface area contributed by atoms with E-state index in [0.717, 1.165) is 36.2 Å². The number of nitrogen functional groups attached to an aromatic ring is 1. The average molecular weight is 318 g/mol. The molecule has 1 aliphatic heterocycles. The number of nitrogens with zero attached hydrogens (tertiary/aromatic N) is 3. The summed E-state index contributed by atoms with van der Waals surface area (Å²) in [5.74, 6) is 0.954. The van der Waals surface area contributed by atoms with Crippen molar-refractivity contribution in [3.63, 3.8) is 0 Å². The summed E-state index contributed by atoms with van der Waals surface area (Å²) in [7, 11) is 0. The van der Waals surface area contributed by atoms with Gasteiger partial charge in [0, 0.05) is 29.5 Å². The number of anilines is 2. The van der Waals surface area contributed by atoms with Gasteiger partial charge in [-0.2, -0.15) is 4.98 Å². The quantitative estimate of drug-likeness (QED) is 0.754. The Balaban J connectivity index is 2.00. The predicted octanol–water partition coefficient (Wildman–Crippen LogP) is 2.54. The molecular weight excluding hydrogens is 302 g/mol. The molecular formula is C15H16ClN5O. The van der Waals surface area contributed by atoms with Gasteiger partial charge in [0.25, 0.3) is 0 Å². The van der Waals surface area contributed by atoms with Crippen molar-refractivity contribution in [2.75, 3.05) is 23.7 Å². The summed E-state index contributed by atoms with van der Waals surface area (Å²) in [6.07, 6.45) is 2.13. The van der Waals surface area contributed by atoms with E-state index in [2.05, 4.69) is 14.9 Å². The normalized spacial score (nSPS) is 18.6. The minimum absolute atomic E-state index is 0.229. The number of hydrogen-bond donors (Lipinski definition) is 2. The fraction of sp³-hybridized carbons (Fsp3) is 0.333. The third-order valence-electron chi connectivity index (χ3n) is 4.19. The zero-order chi connectivity index (χ0) is 15.3. The Morgan fingerprint density at radius 3 is 3.05 bits per heavy atom. The van der Waals surface area contributed by atoms with E-state index in [1.165, 1.54) is 0 Å². The number of hydrogen-bond acceptors (Lipinski definition) is 6. The minimum atomic E-state index is 0.229. The van der Waals surface area contributed by atoms with Gasteiger partial charge in [0.2, 0.25) is 5.95 Å². The van der Waals surface area contributed by atoms with Crippen LogP contribution in [0.4, 0.5) is 11.8 Å². The first-order valence-corrected chi connectivity index (χ1v) is 7.67. The van der Waals surface area contributed by atoms with Crippen LogP contribution < -0.4 is 16.4 Å². The molecule has 0 bridgehead atoms. The van der Waals surface area contributed by atoms with Gasteiger partial charge in [-0.3, -0.25) is 0 Å². The number of rotatable bonds is 2. The number of benzene rings is 1. The molecule has 2 aromatic heterocycles. The molecule has 3 aromatic rings. The van der Waals surface area contributed by atoms with E-state index < -0.39 is 0 Å². The molecule has 7 heteroatoms. The summed E-state index contributed by atoms with van der Waals surface area (Å²) in [5.41, 5.74) is 13.9. The van der Waals surface area contributed by atoms with E-state index >= 15 is 0 Å². The van der Waals surface area contributed by atoms with Crippen molar-refractivity contribution >= 4 is 45.4 Å². The van der Waals surface area contributed by atoms with Crippen LogP contribution in [0, 0.1) is 0 Å². The van der Waals surface area contributed by atoms with Crippen LogP contribution in [0.5, 0.6) is 0 Å². The highest BCUT2D eigenvalue weighted by Gasteiger charge is 2.28. The summed E-state index contributed by atoms with van der Waals surface area (Å²) < 4.78 is 5.98. The Morgan fingerprint density at radius 2 is 2.23 bits per heavy atom. The van der Waals surface area contributed by atoms with E-state index in [-0.39, 0.29) is 12.0 Å². The third kappa shape index (κ3) is 1.99. The minimum Gasteiger partial charge on any atom is -0.450 e. The molecule has 0 amide bonds. The maximum atomic E-state index is 6.09. The van der Waals surface area contributed by atoms with Crippen LogP contribution >= 0.6 is 11.6 Å². The lowest BCUT2D eigenvalue weighted by atomic mass is 10.2. The molecule has 3 heterocycles. The Morgan fingerprint density at radius 1 is 1.36 bits per heavy atom. The van der Waals surface area contributed by atoms with Gasteiger partial charge in [-0.05, 0) is 31.0 Å². The molecule has 0 unspecified atom stereocenters. The van der Waals surface area contributed by atoms with Gasteiger partial charge in [-0.1, -0.05) is 11.6 Å². The lowest BCUT2D eigenvalue weighted by molar-refractivity contribution is 0.643. The molecule has 4 rings (SSSR count). The van der Waals surface area contributed by atoms with Crippen LogP contribution in [-0.2, 0) is 0 Å². The zero-order valence-corrected chi connectivity index (χ0v) is 12.7. The van der Waals surface area contributed by atoms with Crippen LogP contribution in [0.15, 0.2) is 22.6 Å². The van der Waals surface area contributed by atoms with E-state index in [9.17, 15) is 0 Å². The maximum Gasteiger partial charge on any atom is 0.222 e. The number of aromatic nitrogens is 2. The van der Waals surface area contributed by atoms with Crippen molar-refractivity contribution in [1.82, 2.24) is 9.97 Å². The number of furan rings is 1. The van der Waals surface area contributed by atoms with Gasteiger partial charge in [-0.25, -0.2) is 4.98 Å². The molecule has 0 radical (unpaired) electrons. The van der Waals surface area contributed by atoms with Crippen LogP contribution in [0.1, 0.15) is 12.8 Å². The second-order valence-electron chi connectivity index (χ2n) is 5.55. The first kappa shape index (κ1) is 13.6. The molecule has 6 nitrogen and oxygen atoms in total. The van der Waals surface area contributed by atoms with Gasteiger partial charge < -0.3 is 20.8 Å². The van der Waals surface area contributed by atoms with Gasteiger partial charge in [0.15, 0.2) is 11.4 Å². The lowest BCUT2D eigenvalue weighted by Gasteiger charge is -2.24. The molecule has 0 spiro atoms. The SMILES string of the molecule is NC[C@H]1CCCN1c1nc(N)nc2c1oc1ccc(Cl)cc12. The van der Waals surface area contributed by atoms with Crippen molar-refractivity contribution < 1.29 is 4.42 Å². The molecule has 0 saturated carbocycles. The van der Waals surface area contributed by atoms with Crippen molar-refractivity contribution in [2.45, 2.75) is 18.9 Å². The second-order valence-corrected chi connectivity index (χ2v) is 5.99. The maximum absolute atomic E-state index is 6.09. The largest absolute Gasteiger partial charge is 0.450 e. The van der Waals surface area contributed by atoms with E-state index in [0.29, 0.717) is 22.7 Å². The van der Waals surface area contributed by atoms with Crippen LogP contribution in [0.25, 0.3) is 22.1 Å². The standard InChI is InChI=1S/C15H16ClN5O/c16-8-3-4-11-10(6-8)12-13(22-11)14(20-15(18)19-12)21-5-1-2-9(21)7-17/h3-4,6,9H,1-2,5,7,17H2,(H2,18,19,20)/t9-/m1/s1. The first-order valence-electron chi connectivity index (χ1n) is 7.29. The van der Waals surface area contributed by atoms with Crippen molar-refractivity contribution in [3.8, 4) is 0 Å². The summed E-state index contributed by atoms with van der Waals surface area (Å²) >= 11 is 6.09. The average Bonchev–Trinajstić information content (AvgIpc) is 3.10. The second kappa shape index (κ2) is 5.00. The molecule has 114 valence electrons. The van der Waals surface area contributed by atoms with Gasteiger partial charge in [-0.15, -0.1) is 0 Å². The number of halogens is 1. The lowest BCUT2D eigenvalue weighted by Crippen LogP contribution is -2.36. The predicted molar refractivity (Wildman–Crippen MR) is 88.2 cm³/mol. The van der Waals surface area contributed by atoms with Gasteiger partial charge >= 0.3 is 0 Å². The highest BCUT2D eigenvalue weighted by molar-refractivity contribution is 6.31. The number of fused-ring (bicyclic) bond motifs is 3. The van der Waals surface area contributed by atoms with Crippen molar-refractivity contribution in [2.24, 2.45) is 5.73 Å². The van der Waals surface area contributed by atoms with Gasteiger partial charge in [0.1, 0.15) is 11.1 Å². The van der Waals surface area contributed by atoms with E-state index in [1.807, 2.05) is 12.1 Å². The highest BCUT2D eigenvalue weighted by atomic mass is 35.5. The monoisotopic (exact) mass is 317 g/mol. The summed E-state index contributed by atoms with van der Waals surface area (Å²) in [6.45, 7) is 1.47. The Bertz CT molecular complexity index is 862. The smallest absolute Gasteiger partial charge is 0.222 e. The van der Waals surface area contributed by atoms with E-state index in [4.69, 9.17) is 27.5 Å². The molecule has 22 heavy (non-hydrogen) atoms. The zero-order valence-electron chi connectivity index (χ0n) is 11.9. The van der Waals surface area contributed by atoms with Crippen LogP contribution in [-0.4, -0.2) is 29.1 Å². The highest BCUT2D eigenvalue weighted by Crippen LogP contribution is 2.36. The summed E-state index contributed by atoms with van der Waals surface area (Å²) in [6, 6.07) is 5.73. The molecule has 0 aliphatic carbocycles. The molecule has 1 saturated heterocycles. The third-order valence-corrected chi connectivity index (χ3v) is 4.43. The molecule has 4 N–H and O–H groups in total. The van der Waals surface area contributed by atoms with Gasteiger partial charge in [0.05, 0.1) is 0 Å². The Labute approximate surface area is 132 Å². The molecule has 1 fully saturated rings. The van der Waals surface area contributed by atoms with Crippen LogP contribution in [0.2, 0.25) is 5.02 Å². The molecule has 1 atom stereocenters. The van der Waals surface area contributed by atoms with Crippen molar-refractivity contribution in [1.29, 1.82) is 0 Å². The van der Waals surface area contributed by atoms with E-state index in [1.54, 1.807) is 6.07 Å². The molecule has 1 aromatic carbocycles. The molecule has 1 aliphatic rings. The first-order chi connectivity index (χ1) is 10.7. The fourth-order valence-electron chi connectivity index (χ4n) is 3.17. The summed E-state index contributed by atoms with van der Waals surface area (Å²) in [4.78, 5) is 10.9. The fourth-order valence-corrected chi connectivity index (χ4v) is 3.34. The van der Waals surface area contributed by atoms with Crippen LogP contribution in [0.3, 0.4) is 0 Å². The Hall–Kier alpha value is -2.05. The summed E-state index contributed by atoms with van der Waals surface area (Å²) in [5, 5.41) is 1.48. The van der Waals surface area contributed by atoms with Crippen molar-refractivity contribution in [3.05, 3.63) is 23.2 Å². The topological polar surface area (TPSA) is 94.2 Å². The number of nitrogens with two attached hydrogens (primary N) is 2.